The molecular formula is C19H22N2O3. The van der Waals surface area contributed by atoms with Gasteiger partial charge in [0, 0.05) is 30.1 Å². The molecule has 0 amide bonds. The molecule has 0 aliphatic carbocycles. The fourth-order valence-electron chi connectivity index (χ4n) is 3.17. The lowest BCUT2D eigenvalue weighted by atomic mass is 9.94. The Morgan fingerprint density at radius 3 is 2.92 bits per heavy atom. The van der Waals surface area contributed by atoms with E-state index in [1.807, 2.05) is 24.3 Å². The number of nitrogens with two attached hydrogens (primary N) is 1. The Morgan fingerprint density at radius 1 is 1.38 bits per heavy atom. The molecule has 1 unspecified atom stereocenters. The number of carboxylic acids is 1. The van der Waals surface area contributed by atoms with Crippen LogP contribution in [0.15, 0.2) is 36.4 Å². The number of hydrogen-bond acceptors (Lipinski definition) is 4. The Kier molecular flexibility index (Phi) is 4.71. The highest BCUT2D eigenvalue weighted by atomic mass is 16.5. The summed E-state index contributed by atoms with van der Waals surface area (Å²) in [6.45, 7) is 3.40. The van der Waals surface area contributed by atoms with E-state index in [4.69, 9.17) is 10.5 Å². The molecule has 3 rings (SSSR count). The predicted molar refractivity (Wildman–Crippen MR) is 95.5 cm³/mol. The van der Waals surface area contributed by atoms with Crippen molar-refractivity contribution in [2.24, 2.45) is 0 Å². The first-order valence-electron chi connectivity index (χ1n) is 8.14. The highest BCUT2D eigenvalue weighted by molar-refractivity contribution is 5.95. The number of ether oxygens (including phenoxy) is 1. The number of carbonyl (C=O) groups is 1. The van der Waals surface area contributed by atoms with E-state index in [9.17, 15) is 9.90 Å². The second-order valence-corrected chi connectivity index (χ2v) is 6.10. The summed E-state index contributed by atoms with van der Waals surface area (Å²) in [7, 11) is 0. The van der Waals surface area contributed by atoms with E-state index in [1.54, 1.807) is 19.1 Å². The van der Waals surface area contributed by atoms with Gasteiger partial charge < -0.3 is 20.9 Å². The number of rotatable bonds is 5. The average Bonchev–Trinajstić information content (AvgIpc) is 3.06. The molecule has 2 aromatic carbocycles. The fourth-order valence-corrected chi connectivity index (χ4v) is 3.17. The molecule has 1 aliphatic rings. The molecule has 1 aliphatic heterocycles. The van der Waals surface area contributed by atoms with E-state index in [0.29, 0.717) is 11.3 Å². The summed E-state index contributed by atoms with van der Waals surface area (Å²) in [4.78, 5) is 11.4. The van der Waals surface area contributed by atoms with Gasteiger partial charge in [0.05, 0.1) is 11.7 Å². The Bertz CT molecular complexity index is 752. The van der Waals surface area contributed by atoms with Crippen molar-refractivity contribution in [1.29, 1.82) is 0 Å². The van der Waals surface area contributed by atoms with Crippen molar-refractivity contribution in [2.45, 2.75) is 25.9 Å². The third-order valence-corrected chi connectivity index (χ3v) is 4.44. The molecule has 0 spiro atoms. The number of nitrogen functional groups attached to an aromatic ring is 1. The van der Waals surface area contributed by atoms with Crippen LogP contribution in [-0.4, -0.2) is 30.3 Å². The number of carboxylic acid groups (broad SMARTS) is 1. The van der Waals surface area contributed by atoms with Gasteiger partial charge in [-0.05, 0) is 55.2 Å². The van der Waals surface area contributed by atoms with E-state index in [2.05, 4.69) is 5.32 Å². The Labute approximate surface area is 141 Å². The van der Waals surface area contributed by atoms with E-state index < -0.39 is 5.97 Å². The number of aromatic carboxylic acids is 1. The van der Waals surface area contributed by atoms with Crippen molar-refractivity contribution in [3.63, 3.8) is 0 Å². The largest absolute Gasteiger partial charge is 0.478 e. The minimum absolute atomic E-state index is 0.260. The Hall–Kier alpha value is -2.53. The molecule has 0 aromatic heterocycles. The molecule has 0 saturated carbocycles. The summed E-state index contributed by atoms with van der Waals surface area (Å²) in [6.07, 6.45) is 2.46. The van der Waals surface area contributed by atoms with Crippen LogP contribution in [0.1, 0.15) is 28.8 Å². The van der Waals surface area contributed by atoms with Gasteiger partial charge in [0.1, 0.15) is 0 Å². The van der Waals surface area contributed by atoms with Crippen molar-refractivity contribution in [2.75, 3.05) is 24.2 Å². The maximum absolute atomic E-state index is 11.4. The van der Waals surface area contributed by atoms with Crippen LogP contribution in [0.3, 0.4) is 0 Å². The maximum atomic E-state index is 11.4. The maximum Gasteiger partial charge on any atom is 0.335 e. The van der Waals surface area contributed by atoms with Gasteiger partial charge in [-0.3, -0.25) is 0 Å². The van der Waals surface area contributed by atoms with Gasteiger partial charge in [0.25, 0.3) is 0 Å². The molecule has 5 heteroatoms. The summed E-state index contributed by atoms with van der Waals surface area (Å²) in [5, 5.41) is 12.7. The fraction of sp³-hybridized carbons (Fsp3) is 0.316. The molecule has 1 heterocycles. The Morgan fingerprint density at radius 2 is 2.21 bits per heavy atom. The lowest BCUT2D eigenvalue weighted by Gasteiger charge is -2.15. The van der Waals surface area contributed by atoms with Crippen molar-refractivity contribution in [1.82, 2.24) is 0 Å². The predicted octanol–water partition coefficient (Wildman–Crippen LogP) is 3.53. The van der Waals surface area contributed by atoms with Gasteiger partial charge in [0.15, 0.2) is 0 Å². The number of benzene rings is 2. The third-order valence-electron chi connectivity index (χ3n) is 4.44. The highest BCUT2D eigenvalue weighted by Crippen LogP contribution is 2.33. The summed E-state index contributed by atoms with van der Waals surface area (Å²) < 4.78 is 5.62. The molecule has 4 N–H and O–H groups in total. The van der Waals surface area contributed by atoms with Gasteiger partial charge in [-0.2, -0.15) is 0 Å². The zero-order valence-corrected chi connectivity index (χ0v) is 13.7. The molecule has 0 radical (unpaired) electrons. The van der Waals surface area contributed by atoms with Crippen LogP contribution in [0.4, 0.5) is 11.4 Å². The van der Waals surface area contributed by atoms with Gasteiger partial charge in [-0.1, -0.05) is 12.1 Å². The highest BCUT2D eigenvalue weighted by Gasteiger charge is 2.16. The zero-order chi connectivity index (χ0) is 17.1. The number of hydrogen-bond donors (Lipinski definition) is 3. The minimum Gasteiger partial charge on any atom is -0.478 e. The molecule has 24 heavy (non-hydrogen) atoms. The van der Waals surface area contributed by atoms with E-state index in [1.165, 1.54) is 0 Å². The van der Waals surface area contributed by atoms with Gasteiger partial charge in [-0.25, -0.2) is 4.79 Å². The van der Waals surface area contributed by atoms with Crippen molar-refractivity contribution in [3.05, 3.63) is 47.5 Å². The molecule has 5 nitrogen and oxygen atoms in total. The van der Waals surface area contributed by atoms with Gasteiger partial charge >= 0.3 is 5.97 Å². The molecule has 126 valence electrons. The molecule has 1 saturated heterocycles. The number of anilines is 2. The summed E-state index contributed by atoms with van der Waals surface area (Å²) in [5.74, 6) is -0.943. The molecule has 0 bridgehead atoms. The van der Waals surface area contributed by atoms with Crippen molar-refractivity contribution in [3.8, 4) is 11.1 Å². The number of nitrogens with one attached hydrogen (secondary N) is 1. The van der Waals surface area contributed by atoms with Crippen LogP contribution in [0, 0.1) is 6.92 Å². The third kappa shape index (κ3) is 3.36. The van der Waals surface area contributed by atoms with Crippen LogP contribution >= 0.6 is 0 Å². The van der Waals surface area contributed by atoms with Crippen LogP contribution < -0.4 is 11.1 Å². The van der Waals surface area contributed by atoms with Crippen LogP contribution in [0.2, 0.25) is 0 Å². The second-order valence-electron chi connectivity index (χ2n) is 6.10. The van der Waals surface area contributed by atoms with Gasteiger partial charge in [0.2, 0.25) is 0 Å². The van der Waals surface area contributed by atoms with E-state index in [0.717, 1.165) is 42.8 Å². The molecule has 2 aromatic rings. The van der Waals surface area contributed by atoms with Crippen LogP contribution in [0.25, 0.3) is 11.1 Å². The first-order valence-corrected chi connectivity index (χ1v) is 8.14. The Balaban J connectivity index is 1.88. The molecular weight excluding hydrogens is 304 g/mol. The smallest absolute Gasteiger partial charge is 0.335 e. The van der Waals surface area contributed by atoms with E-state index in [-0.39, 0.29) is 11.7 Å². The monoisotopic (exact) mass is 326 g/mol. The summed E-state index contributed by atoms with van der Waals surface area (Å²) >= 11 is 0. The first-order chi connectivity index (χ1) is 11.6. The molecule has 1 atom stereocenters. The van der Waals surface area contributed by atoms with Crippen LogP contribution in [-0.2, 0) is 4.74 Å². The lowest BCUT2D eigenvalue weighted by Crippen LogP contribution is -2.18. The van der Waals surface area contributed by atoms with Gasteiger partial charge in [-0.15, -0.1) is 0 Å². The summed E-state index contributed by atoms with van der Waals surface area (Å²) in [6, 6.07) is 11.1. The SMILES string of the molecule is Cc1c(C(=O)O)ccc(N)c1-c1cccc(NCC2CCCO2)c1. The molecule has 1 fully saturated rings. The topological polar surface area (TPSA) is 84.6 Å². The summed E-state index contributed by atoms with van der Waals surface area (Å²) in [5.41, 5.74) is 10.3. The normalized spacial score (nSPS) is 17.0. The van der Waals surface area contributed by atoms with Crippen molar-refractivity contribution >= 4 is 17.3 Å². The van der Waals surface area contributed by atoms with E-state index >= 15 is 0 Å². The van der Waals surface area contributed by atoms with Crippen molar-refractivity contribution < 1.29 is 14.6 Å². The minimum atomic E-state index is -0.943. The van der Waals surface area contributed by atoms with Crippen LogP contribution in [0.5, 0.6) is 0 Å². The first kappa shape index (κ1) is 16.3. The average molecular weight is 326 g/mol. The standard InChI is InChI=1S/C19H22N2O3/c1-12-16(19(22)23)7-8-17(20)18(12)13-4-2-5-14(10-13)21-11-15-6-3-9-24-15/h2,4-5,7-8,10,15,21H,3,6,9,11,20H2,1H3,(H,22,23). The lowest BCUT2D eigenvalue weighted by molar-refractivity contribution is 0.0696. The second kappa shape index (κ2) is 6.93. The quantitative estimate of drug-likeness (QED) is 0.732. The zero-order valence-electron chi connectivity index (χ0n) is 13.7.